The predicted molar refractivity (Wildman–Crippen MR) is 104 cm³/mol. The number of nitrogens with zero attached hydrogens (tertiary/aromatic N) is 3. The highest BCUT2D eigenvalue weighted by atomic mass is 32.1. The summed E-state index contributed by atoms with van der Waals surface area (Å²) in [5, 5.41) is 6.80. The van der Waals surface area contributed by atoms with Crippen LogP contribution in [0, 0.1) is 5.92 Å². The van der Waals surface area contributed by atoms with Crippen LogP contribution >= 0.6 is 22.7 Å². The number of hydrogen-bond acceptors (Lipinski definition) is 5. The molecule has 2 aliphatic heterocycles. The van der Waals surface area contributed by atoms with Crippen molar-refractivity contribution in [2.45, 2.75) is 32.1 Å². The van der Waals surface area contributed by atoms with Crippen LogP contribution in [-0.2, 0) is 4.79 Å². The van der Waals surface area contributed by atoms with Crippen LogP contribution in [0.3, 0.4) is 0 Å². The number of thiazole rings is 1. The third-order valence-electron chi connectivity index (χ3n) is 5.29. The zero-order valence-corrected chi connectivity index (χ0v) is 16.4. The highest BCUT2D eigenvalue weighted by Crippen LogP contribution is 2.27. The van der Waals surface area contributed by atoms with Gasteiger partial charge in [-0.05, 0) is 43.6 Å². The Hall–Kier alpha value is -1.73. The molecule has 2 aromatic heterocycles. The number of piperidine rings is 2. The van der Waals surface area contributed by atoms with Crippen molar-refractivity contribution in [2.24, 2.45) is 5.92 Å². The van der Waals surface area contributed by atoms with Gasteiger partial charge in [0.15, 0.2) is 0 Å². The van der Waals surface area contributed by atoms with Crippen molar-refractivity contribution in [1.29, 1.82) is 0 Å². The molecule has 0 N–H and O–H groups in total. The van der Waals surface area contributed by atoms with E-state index in [-0.39, 0.29) is 11.8 Å². The Kier molecular flexibility index (Phi) is 5.36. The van der Waals surface area contributed by atoms with Crippen LogP contribution in [0.1, 0.15) is 42.6 Å². The van der Waals surface area contributed by atoms with Gasteiger partial charge in [0.2, 0.25) is 5.91 Å². The van der Waals surface area contributed by atoms with E-state index in [1.165, 1.54) is 17.8 Å². The second-order valence-corrected chi connectivity index (χ2v) is 8.64. The van der Waals surface area contributed by atoms with Crippen molar-refractivity contribution in [1.82, 2.24) is 14.8 Å². The topological polar surface area (TPSA) is 53.5 Å². The molecule has 0 aliphatic carbocycles. The Morgan fingerprint density at radius 3 is 2.46 bits per heavy atom. The highest BCUT2D eigenvalue weighted by molar-refractivity contribution is 7.14. The summed E-state index contributed by atoms with van der Waals surface area (Å²) in [6.45, 7) is 3.10. The van der Waals surface area contributed by atoms with Gasteiger partial charge in [-0.3, -0.25) is 9.59 Å². The zero-order chi connectivity index (χ0) is 17.9. The number of rotatable bonds is 3. The summed E-state index contributed by atoms with van der Waals surface area (Å²) in [7, 11) is 0. The van der Waals surface area contributed by atoms with E-state index >= 15 is 0 Å². The lowest BCUT2D eigenvalue weighted by atomic mass is 9.94. The lowest BCUT2D eigenvalue weighted by Crippen LogP contribution is -2.45. The van der Waals surface area contributed by atoms with E-state index in [1.54, 1.807) is 11.3 Å². The molecule has 0 unspecified atom stereocenters. The van der Waals surface area contributed by atoms with Gasteiger partial charge in [0.1, 0.15) is 10.7 Å². The number of likely N-dealkylation sites (tertiary alicyclic amines) is 2. The molecular formula is C19H23N3O2S2. The maximum Gasteiger partial charge on any atom is 0.273 e. The molecule has 0 saturated carbocycles. The number of hydrogen-bond donors (Lipinski definition) is 0. The van der Waals surface area contributed by atoms with E-state index in [0.717, 1.165) is 49.3 Å². The number of amides is 2. The summed E-state index contributed by atoms with van der Waals surface area (Å²) in [5.41, 5.74) is 1.60. The first-order valence-electron chi connectivity index (χ1n) is 9.28. The molecule has 4 heterocycles. The first kappa shape index (κ1) is 17.7. The molecule has 0 atom stereocenters. The second kappa shape index (κ2) is 7.88. The molecule has 0 radical (unpaired) electrons. The van der Waals surface area contributed by atoms with Gasteiger partial charge in [-0.15, -0.1) is 11.3 Å². The number of carbonyl (C=O) groups is 2. The minimum Gasteiger partial charge on any atom is -0.342 e. The minimum atomic E-state index is -0.00778. The first-order valence-corrected chi connectivity index (χ1v) is 11.1. The van der Waals surface area contributed by atoms with E-state index < -0.39 is 0 Å². The van der Waals surface area contributed by atoms with Crippen molar-refractivity contribution in [3.63, 3.8) is 0 Å². The standard InChI is InChI=1S/C19H23N3O2S2/c23-18(21-7-2-1-3-8-21)14-4-9-22(10-5-14)19(24)16-13-26-17(20-16)15-6-11-25-12-15/h6,11-14H,1-5,7-10H2. The number of aromatic nitrogens is 1. The Labute approximate surface area is 161 Å². The molecule has 4 rings (SSSR count). The summed E-state index contributed by atoms with van der Waals surface area (Å²) in [5.74, 6) is 0.366. The van der Waals surface area contributed by atoms with Gasteiger partial charge < -0.3 is 9.80 Å². The molecule has 0 spiro atoms. The van der Waals surface area contributed by atoms with Crippen LogP contribution in [0.5, 0.6) is 0 Å². The largest absolute Gasteiger partial charge is 0.342 e. The maximum atomic E-state index is 12.7. The summed E-state index contributed by atoms with van der Waals surface area (Å²) < 4.78 is 0. The van der Waals surface area contributed by atoms with Crippen LogP contribution in [0.25, 0.3) is 10.6 Å². The zero-order valence-electron chi connectivity index (χ0n) is 14.7. The van der Waals surface area contributed by atoms with Crippen molar-refractivity contribution in [2.75, 3.05) is 26.2 Å². The highest BCUT2D eigenvalue weighted by Gasteiger charge is 2.31. The van der Waals surface area contributed by atoms with E-state index in [0.29, 0.717) is 24.7 Å². The fourth-order valence-electron chi connectivity index (χ4n) is 3.75. The SMILES string of the molecule is O=C(c1csc(-c2ccsc2)n1)N1CCC(C(=O)N2CCCCC2)CC1. The molecule has 0 bridgehead atoms. The van der Waals surface area contributed by atoms with Crippen molar-refractivity contribution >= 4 is 34.5 Å². The quantitative estimate of drug-likeness (QED) is 0.804. The van der Waals surface area contributed by atoms with E-state index in [2.05, 4.69) is 4.98 Å². The minimum absolute atomic E-state index is 0.00778. The molecule has 138 valence electrons. The summed E-state index contributed by atoms with van der Waals surface area (Å²) >= 11 is 3.14. The lowest BCUT2D eigenvalue weighted by Gasteiger charge is -2.35. The van der Waals surface area contributed by atoms with E-state index in [1.807, 2.05) is 32.0 Å². The van der Waals surface area contributed by atoms with Crippen LogP contribution in [-0.4, -0.2) is 52.8 Å². The average Bonchev–Trinajstić information content (AvgIpc) is 3.39. The Balaban J connectivity index is 1.34. The van der Waals surface area contributed by atoms with E-state index in [4.69, 9.17) is 0 Å². The number of carbonyl (C=O) groups excluding carboxylic acids is 2. The Morgan fingerprint density at radius 1 is 1.00 bits per heavy atom. The molecule has 2 aliphatic rings. The molecule has 5 nitrogen and oxygen atoms in total. The third kappa shape index (κ3) is 3.69. The van der Waals surface area contributed by atoms with Gasteiger partial charge in [-0.2, -0.15) is 11.3 Å². The first-order chi connectivity index (χ1) is 12.7. The van der Waals surface area contributed by atoms with E-state index in [9.17, 15) is 9.59 Å². The third-order valence-corrected chi connectivity index (χ3v) is 6.87. The van der Waals surface area contributed by atoms with Gasteiger partial charge in [0.05, 0.1) is 0 Å². The Bertz CT molecular complexity index is 758. The molecule has 2 aromatic rings. The average molecular weight is 390 g/mol. The monoisotopic (exact) mass is 389 g/mol. The van der Waals surface area contributed by atoms with Gasteiger partial charge in [-0.1, -0.05) is 0 Å². The van der Waals surface area contributed by atoms with Gasteiger partial charge in [-0.25, -0.2) is 4.98 Å². The summed E-state index contributed by atoms with van der Waals surface area (Å²) in [4.78, 5) is 33.8. The molecule has 2 fully saturated rings. The summed E-state index contributed by atoms with van der Waals surface area (Å²) in [6, 6.07) is 2.02. The van der Waals surface area contributed by atoms with Crippen molar-refractivity contribution in [3.05, 3.63) is 27.9 Å². The molecule has 26 heavy (non-hydrogen) atoms. The van der Waals surface area contributed by atoms with Gasteiger partial charge >= 0.3 is 0 Å². The summed E-state index contributed by atoms with van der Waals surface area (Å²) in [6.07, 6.45) is 5.02. The fraction of sp³-hybridized carbons (Fsp3) is 0.526. The fourth-order valence-corrected chi connectivity index (χ4v) is 5.26. The second-order valence-electron chi connectivity index (χ2n) is 7.00. The van der Waals surface area contributed by atoms with Crippen LogP contribution in [0.4, 0.5) is 0 Å². The normalized spacial score (nSPS) is 18.9. The van der Waals surface area contributed by atoms with Gasteiger partial charge in [0.25, 0.3) is 5.91 Å². The van der Waals surface area contributed by atoms with Crippen LogP contribution in [0.15, 0.2) is 22.2 Å². The smallest absolute Gasteiger partial charge is 0.273 e. The van der Waals surface area contributed by atoms with Crippen LogP contribution in [0.2, 0.25) is 0 Å². The lowest BCUT2D eigenvalue weighted by molar-refractivity contribution is -0.137. The molecule has 7 heteroatoms. The number of thiophene rings is 1. The van der Waals surface area contributed by atoms with Gasteiger partial charge in [0, 0.05) is 48.4 Å². The predicted octanol–water partition coefficient (Wildman–Crippen LogP) is 3.74. The van der Waals surface area contributed by atoms with Crippen LogP contribution < -0.4 is 0 Å². The molecular weight excluding hydrogens is 366 g/mol. The molecule has 2 saturated heterocycles. The Morgan fingerprint density at radius 2 is 1.77 bits per heavy atom. The maximum absolute atomic E-state index is 12.7. The van der Waals surface area contributed by atoms with Crippen molar-refractivity contribution < 1.29 is 9.59 Å². The van der Waals surface area contributed by atoms with Crippen molar-refractivity contribution in [3.8, 4) is 10.6 Å². The molecule has 0 aromatic carbocycles. The molecule has 2 amide bonds.